The van der Waals surface area contributed by atoms with Crippen LogP contribution in [-0.4, -0.2) is 56.8 Å². The normalized spacial score (nSPS) is 21.3. The molecule has 2 aliphatic heterocycles. The molecule has 2 aliphatic rings. The Morgan fingerprint density at radius 3 is 2.77 bits per heavy atom. The molecule has 26 heavy (non-hydrogen) atoms. The summed E-state index contributed by atoms with van der Waals surface area (Å²) in [5, 5.41) is 3.11. The van der Waals surface area contributed by atoms with E-state index in [0.717, 1.165) is 31.7 Å². The lowest BCUT2D eigenvalue weighted by molar-refractivity contribution is -0.124. The van der Waals surface area contributed by atoms with E-state index in [9.17, 15) is 4.79 Å². The molecule has 6 nitrogen and oxygen atoms in total. The number of methoxy groups -OCH3 is 1. The number of likely N-dealkylation sites (tertiary alicyclic amines) is 1. The number of nitrogens with two attached hydrogens (primary N) is 1. The Kier molecular flexibility index (Phi) is 6.88. The van der Waals surface area contributed by atoms with Crippen molar-refractivity contribution in [1.29, 1.82) is 0 Å². The molecule has 2 heterocycles. The van der Waals surface area contributed by atoms with Crippen LogP contribution in [0.15, 0.2) is 24.3 Å². The lowest BCUT2D eigenvalue weighted by Gasteiger charge is -2.30. The van der Waals surface area contributed by atoms with Crippen molar-refractivity contribution in [3.05, 3.63) is 29.8 Å². The Bertz CT molecular complexity index is 583. The van der Waals surface area contributed by atoms with Gasteiger partial charge in [0.25, 0.3) is 0 Å². The zero-order chi connectivity index (χ0) is 18.4. The number of benzene rings is 1. The molecule has 0 bridgehead atoms. The van der Waals surface area contributed by atoms with Gasteiger partial charge >= 0.3 is 0 Å². The maximum Gasteiger partial charge on any atom is 0.237 e. The minimum atomic E-state index is -0.455. The van der Waals surface area contributed by atoms with Crippen LogP contribution in [0.25, 0.3) is 0 Å². The predicted molar refractivity (Wildman–Crippen MR) is 101 cm³/mol. The monoisotopic (exact) mass is 361 g/mol. The van der Waals surface area contributed by atoms with E-state index in [1.165, 1.54) is 18.4 Å². The molecule has 6 heteroatoms. The molecule has 0 radical (unpaired) electrons. The van der Waals surface area contributed by atoms with Crippen molar-refractivity contribution in [2.75, 3.05) is 40.0 Å². The highest BCUT2D eigenvalue weighted by molar-refractivity contribution is 5.81. The van der Waals surface area contributed by atoms with E-state index in [4.69, 9.17) is 15.2 Å². The summed E-state index contributed by atoms with van der Waals surface area (Å²) >= 11 is 0. The Balaban J connectivity index is 1.64. The molecule has 2 fully saturated rings. The average molecular weight is 361 g/mol. The second-order valence-corrected chi connectivity index (χ2v) is 7.26. The molecule has 1 amide bonds. The van der Waals surface area contributed by atoms with Gasteiger partial charge in [-0.3, -0.25) is 9.69 Å². The average Bonchev–Trinajstić information content (AvgIpc) is 3.22. The fourth-order valence-electron chi connectivity index (χ4n) is 3.96. The van der Waals surface area contributed by atoms with E-state index < -0.39 is 6.04 Å². The van der Waals surface area contributed by atoms with Gasteiger partial charge in [0, 0.05) is 19.8 Å². The van der Waals surface area contributed by atoms with Crippen LogP contribution in [0.3, 0.4) is 0 Å². The number of nitrogens with one attached hydrogen (secondary N) is 1. The van der Waals surface area contributed by atoms with Gasteiger partial charge in [0.15, 0.2) is 0 Å². The van der Waals surface area contributed by atoms with Crippen molar-refractivity contribution in [1.82, 2.24) is 10.2 Å². The summed E-state index contributed by atoms with van der Waals surface area (Å²) in [7, 11) is 1.68. The van der Waals surface area contributed by atoms with Gasteiger partial charge < -0.3 is 20.5 Å². The number of amides is 1. The molecule has 2 unspecified atom stereocenters. The fourth-order valence-corrected chi connectivity index (χ4v) is 3.96. The third-order valence-corrected chi connectivity index (χ3v) is 5.61. The molecular weight excluding hydrogens is 330 g/mol. The van der Waals surface area contributed by atoms with Crippen molar-refractivity contribution >= 4 is 5.91 Å². The number of rotatable bonds is 7. The Hall–Kier alpha value is -1.63. The van der Waals surface area contributed by atoms with Crippen LogP contribution in [0, 0.1) is 5.92 Å². The number of carbonyl (C=O) groups excluding carboxylic acids is 1. The van der Waals surface area contributed by atoms with Gasteiger partial charge in [0.2, 0.25) is 5.91 Å². The van der Waals surface area contributed by atoms with E-state index in [-0.39, 0.29) is 17.9 Å². The molecule has 0 spiro atoms. The maximum atomic E-state index is 12.6. The second-order valence-electron chi connectivity index (χ2n) is 7.26. The van der Waals surface area contributed by atoms with Crippen LogP contribution in [-0.2, 0) is 9.53 Å². The van der Waals surface area contributed by atoms with Gasteiger partial charge in [-0.25, -0.2) is 0 Å². The summed E-state index contributed by atoms with van der Waals surface area (Å²) < 4.78 is 10.7. The van der Waals surface area contributed by atoms with Gasteiger partial charge in [0.05, 0.1) is 19.2 Å². The third-order valence-electron chi connectivity index (χ3n) is 5.61. The van der Waals surface area contributed by atoms with Crippen molar-refractivity contribution in [2.45, 2.75) is 37.8 Å². The standard InChI is InChI=1S/C20H31N3O3/c1-25-17-6-4-5-16(13-17)18(23-9-2-3-10-23)14-22-20(24)19(21)15-7-11-26-12-8-15/h4-6,13,15,18-19H,2-3,7-12,14,21H2,1H3,(H,22,24). The SMILES string of the molecule is COc1cccc(C(CNC(=O)C(N)C2CCOCC2)N2CCCC2)c1. The minimum Gasteiger partial charge on any atom is -0.497 e. The Labute approximate surface area is 156 Å². The lowest BCUT2D eigenvalue weighted by Crippen LogP contribution is -2.49. The first-order chi connectivity index (χ1) is 12.7. The molecular formula is C20H31N3O3. The van der Waals surface area contributed by atoms with E-state index in [2.05, 4.69) is 22.3 Å². The van der Waals surface area contributed by atoms with Crippen LogP contribution >= 0.6 is 0 Å². The minimum absolute atomic E-state index is 0.0519. The summed E-state index contributed by atoms with van der Waals surface area (Å²) in [5.74, 6) is 1.01. The Morgan fingerprint density at radius 1 is 1.35 bits per heavy atom. The highest BCUT2D eigenvalue weighted by atomic mass is 16.5. The van der Waals surface area contributed by atoms with Gasteiger partial charge in [-0.1, -0.05) is 12.1 Å². The third kappa shape index (κ3) is 4.75. The van der Waals surface area contributed by atoms with Crippen molar-refractivity contribution in [3.8, 4) is 5.75 Å². The molecule has 0 aliphatic carbocycles. The van der Waals surface area contributed by atoms with Crippen molar-refractivity contribution < 1.29 is 14.3 Å². The summed E-state index contributed by atoms with van der Waals surface area (Å²) in [5.41, 5.74) is 7.39. The largest absolute Gasteiger partial charge is 0.497 e. The maximum absolute atomic E-state index is 12.6. The second kappa shape index (κ2) is 9.35. The first-order valence-corrected chi connectivity index (χ1v) is 9.68. The first-order valence-electron chi connectivity index (χ1n) is 9.68. The highest BCUT2D eigenvalue weighted by Gasteiger charge is 2.29. The van der Waals surface area contributed by atoms with Crippen LogP contribution in [0.1, 0.15) is 37.3 Å². The highest BCUT2D eigenvalue weighted by Crippen LogP contribution is 2.27. The quantitative estimate of drug-likeness (QED) is 0.773. The molecule has 2 atom stereocenters. The van der Waals surface area contributed by atoms with E-state index in [1.807, 2.05) is 12.1 Å². The summed E-state index contributed by atoms with van der Waals surface area (Å²) in [6.45, 7) is 4.09. The molecule has 144 valence electrons. The van der Waals surface area contributed by atoms with Crippen LogP contribution in [0.5, 0.6) is 5.75 Å². The van der Waals surface area contributed by atoms with E-state index in [1.54, 1.807) is 7.11 Å². The number of ether oxygens (including phenoxy) is 2. The summed E-state index contributed by atoms with van der Waals surface area (Å²) in [4.78, 5) is 15.0. The number of nitrogens with zero attached hydrogens (tertiary/aromatic N) is 1. The molecule has 3 N–H and O–H groups in total. The number of hydrogen-bond donors (Lipinski definition) is 2. The first kappa shape index (κ1) is 19.1. The molecule has 2 saturated heterocycles. The fraction of sp³-hybridized carbons (Fsp3) is 0.650. The zero-order valence-corrected chi connectivity index (χ0v) is 15.7. The molecule has 0 aromatic heterocycles. The van der Waals surface area contributed by atoms with Gasteiger partial charge in [-0.2, -0.15) is 0 Å². The molecule has 1 aromatic carbocycles. The number of carbonyl (C=O) groups is 1. The van der Waals surface area contributed by atoms with Crippen LogP contribution in [0.4, 0.5) is 0 Å². The van der Waals surface area contributed by atoms with Crippen molar-refractivity contribution in [3.63, 3.8) is 0 Å². The molecule has 3 rings (SSSR count). The van der Waals surface area contributed by atoms with Gasteiger partial charge in [-0.15, -0.1) is 0 Å². The van der Waals surface area contributed by atoms with Crippen LogP contribution < -0.4 is 15.8 Å². The lowest BCUT2D eigenvalue weighted by atomic mass is 9.92. The summed E-state index contributed by atoms with van der Waals surface area (Å²) in [6, 6.07) is 7.82. The van der Waals surface area contributed by atoms with E-state index in [0.29, 0.717) is 19.8 Å². The zero-order valence-electron chi connectivity index (χ0n) is 15.7. The van der Waals surface area contributed by atoms with Gasteiger partial charge in [0.1, 0.15) is 5.75 Å². The predicted octanol–water partition coefficient (Wildman–Crippen LogP) is 1.70. The smallest absolute Gasteiger partial charge is 0.237 e. The molecule has 0 saturated carbocycles. The Morgan fingerprint density at radius 2 is 2.08 bits per heavy atom. The topological polar surface area (TPSA) is 76.8 Å². The molecule has 1 aromatic rings. The van der Waals surface area contributed by atoms with Gasteiger partial charge in [-0.05, 0) is 62.4 Å². The van der Waals surface area contributed by atoms with E-state index >= 15 is 0 Å². The number of hydrogen-bond acceptors (Lipinski definition) is 5. The van der Waals surface area contributed by atoms with Crippen LogP contribution in [0.2, 0.25) is 0 Å². The summed E-state index contributed by atoms with van der Waals surface area (Å²) in [6.07, 6.45) is 4.13. The van der Waals surface area contributed by atoms with Crippen molar-refractivity contribution in [2.24, 2.45) is 11.7 Å².